The molecule has 0 N–H and O–H groups in total. The number of hydrogen-bond donors (Lipinski definition) is 0. The molecule has 1 aliphatic rings. The lowest BCUT2D eigenvalue weighted by molar-refractivity contribution is -0.122. The molecule has 0 aromatic heterocycles. The quantitative estimate of drug-likeness (QED) is 0.747. The summed E-state index contributed by atoms with van der Waals surface area (Å²) in [7, 11) is -0.247. The van der Waals surface area contributed by atoms with Crippen LogP contribution in [0.15, 0.2) is 44.7 Å². The first kappa shape index (κ1) is 18.5. The van der Waals surface area contributed by atoms with Gasteiger partial charge in [-0.25, -0.2) is 0 Å². The van der Waals surface area contributed by atoms with Gasteiger partial charge in [0.15, 0.2) is 5.17 Å². The highest BCUT2D eigenvalue weighted by Crippen LogP contribution is 2.32. The van der Waals surface area contributed by atoms with E-state index in [0.717, 1.165) is 23.7 Å². The third-order valence-electron chi connectivity index (χ3n) is 3.41. The summed E-state index contributed by atoms with van der Waals surface area (Å²) in [6.45, 7) is 4.15. The number of carbonyl (C=O) groups is 1. The second-order valence-electron chi connectivity index (χ2n) is 5.45. The van der Waals surface area contributed by atoms with Gasteiger partial charge < -0.3 is 4.90 Å². The summed E-state index contributed by atoms with van der Waals surface area (Å²) in [5, 5.41) is 0.190. The van der Waals surface area contributed by atoms with Crippen molar-refractivity contribution in [1.29, 1.82) is 0 Å². The van der Waals surface area contributed by atoms with Crippen molar-refractivity contribution in [3.63, 3.8) is 0 Å². The van der Waals surface area contributed by atoms with Crippen molar-refractivity contribution in [2.75, 3.05) is 20.6 Å². The molecule has 0 spiro atoms. The van der Waals surface area contributed by atoms with Gasteiger partial charge in [0, 0.05) is 26.8 Å². The van der Waals surface area contributed by atoms with Gasteiger partial charge in [-0.15, -0.1) is 4.40 Å². The van der Waals surface area contributed by atoms with Crippen LogP contribution >= 0.6 is 11.8 Å². The average molecular weight is 367 g/mol. The molecular weight excluding hydrogens is 346 g/mol. The van der Waals surface area contributed by atoms with Gasteiger partial charge in [-0.05, 0) is 42.8 Å². The van der Waals surface area contributed by atoms with Gasteiger partial charge in [0.05, 0.1) is 9.80 Å². The fraction of sp³-hybridized carbons (Fsp3) is 0.375. The molecule has 0 atom stereocenters. The van der Waals surface area contributed by atoms with E-state index < -0.39 is 10.0 Å². The van der Waals surface area contributed by atoms with E-state index in [1.807, 2.05) is 6.92 Å². The highest BCUT2D eigenvalue weighted by atomic mass is 32.2. The molecular formula is C16H21N3O3S2. The lowest BCUT2D eigenvalue weighted by Crippen LogP contribution is -2.29. The van der Waals surface area contributed by atoms with Gasteiger partial charge in [-0.2, -0.15) is 8.42 Å². The largest absolute Gasteiger partial charge is 0.382 e. The molecule has 130 valence electrons. The van der Waals surface area contributed by atoms with Crippen molar-refractivity contribution in [2.45, 2.75) is 25.2 Å². The van der Waals surface area contributed by atoms with E-state index >= 15 is 0 Å². The standard InChI is InChI=1S/C16H21N3O3S2/c1-5-12-7-9-13(10-8-12)24(21,22)17-16-19(6-2)15(20)14(23-16)11-18(3)4/h7-11H,5-6H2,1-4H3/b14-11+,17-16?. The summed E-state index contributed by atoms with van der Waals surface area (Å²) in [5.74, 6) is -0.230. The fourth-order valence-corrected chi connectivity index (χ4v) is 4.45. The van der Waals surface area contributed by atoms with Crippen LogP contribution in [0.2, 0.25) is 0 Å². The van der Waals surface area contributed by atoms with Crippen LogP contribution in [0.25, 0.3) is 0 Å². The summed E-state index contributed by atoms with van der Waals surface area (Å²) < 4.78 is 28.9. The van der Waals surface area contributed by atoms with Crippen molar-refractivity contribution >= 4 is 32.9 Å². The number of rotatable bonds is 5. The maximum absolute atomic E-state index is 12.5. The monoisotopic (exact) mass is 367 g/mol. The zero-order chi connectivity index (χ0) is 17.9. The third kappa shape index (κ3) is 3.99. The smallest absolute Gasteiger partial charge is 0.284 e. The first-order valence-electron chi connectivity index (χ1n) is 7.60. The molecule has 0 bridgehead atoms. The maximum Gasteiger partial charge on any atom is 0.284 e. The molecule has 0 radical (unpaired) electrons. The van der Waals surface area contributed by atoms with E-state index in [4.69, 9.17) is 0 Å². The number of amides is 1. The molecule has 1 aromatic rings. The minimum Gasteiger partial charge on any atom is -0.382 e. The van der Waals surface area contributed by atoms with E-state index in [-0.39, 0.29) is 16.0 Å². The zero-order valence-corrected chi connectivity index (χ0v) is 15.8. The molecule has 1 fully saturated rings. The number of carbonyl (C=O) groups excluding carboxylic acids is 1. The summed E-state index contributed by atoms with van der Waals surface area (Å²) in [6, 6.07) is 6.64. The number of hydrogen-bond acceptors (Lipinski definition) is 5. The molecule has 0 unspecified atom stereocenters. The lowest BCUT2D eigenvalue weighted by atomic mass is 10.2. The van der Waals surface area contributed by atoms with Crippen molar-refractivity contribution in [1.82, 2.24) is 9.80 Å². The molecule has 6 nitrogen and oxygen atoms in total. The minimum atomic E-state index is -3.85. The van der Waals surface area contributed by atoms with Gasteiger partial charge in [-0.1, -0.05) is 19.1 Å². The fourth-order valence-electron chi connectivity index (χ4n) is 2.13. The molecule has 0 saturated carbocycles. The number of thioether (sulfide) groups is 1. The average Bonchev–Trinajstić information content (AvgIpc) is 2.81. The Hall–Kier alpha value is -1.80. The van der Waals surface area contributed by atoms with Crippen LogP contribution < -0.4 is 0 Å². The predicted molar refractivity (Wildman–Crippen MR) is 97.2 cm³/mol. The van der Waals surface area contributed by atoms with E-state index in [9.17, 15) is 13.2 Å². The number of benzene rings is 1. The number of nitrogens with zero attached hydrogens (tertiary/aromatic N) is 3. The lowest BCUT2D eigenvalue weighted by Gasteiger charge is -2.12. The van der Waals surface area contributed by atoms with Crippen LogP contribution in [0.3, 0.4) is 0 Å². The van der Waals surface area contributed by atoms with Crippen molar-refractivity contribution in [3.05, 3.63) is 40.9 Å². The van der Waals surface area contributed by atoms with Crippen LogP contribution in [-0.2, 0) is 21.2 Å². The van der Waals surface area contributed by atoms with Gasteiger partial charge in [-0.3, -0.25) is 9.69 Å². The normalized spacial score (nSPS) is 18.7. The molecule has 0 aliphatic carbocycles. The summed E-state index contributed by atoms with van der Waals surface area (Å²) in [4.78, 5) is 16.0. The molecule has 1 heterocycles. The molecule has 1 aromatic carbocycles. The van der Waals surface area contributed by atoms with E-state index in [1.54, 1.807) is 56.4 Å². The number of aryl methyl sites for hydroxylation is 1. The van der Waals surface area contributed by atoms with Crippen LogP contribution in [0.4, 0.5) is 0 Å². The van der Waals surface area contributed by atoms with E-state index in [0.29, 0.717) is 11.4 Å². The van der Waals surface area contributed by atoms with Crippen molar-refractivity contribution in [3.8, 4) is 0 Å². The highest BCUT2D eigenvalue weighted by molar-refractivity contribution is 8.19. The Kier molecular flexibility index (Phi) is 5.71. The van der Waals surface area contributed by atoms with Crippen LogP contribution in [0, 0.1) is 0 Å². The summed E-state index contributed by atoms with van der Waals surface area (Å²) in [6.07, 6.45) is 2.50. The molecule has 1 aliphatic heterocycles. The SMILES string of the molecule is CCc1ccc(S(=O)(=O)N=C2S/C(=C/N(C)C)C(=O)N2CC)cc1. The Balaban J connectivity index is 2.38. The minimum absolute atomic E-state index is 0.126. The summed E-state index contributed by atoms with van der Waals surface area (Å²) in [5.41, 5.74) is 1.05. The first-order chi connectivity index (χ1) is 11.3. The molecule has 1 amide bonds. The number of likely N-dealkylation sites (N-methyl/N-ethyl adjacent to an activating group) is 1. The zero-order valence-electron chi connectivity index (χ0n) is 14.2. The molecule has 1 saturated heterocycles. The molecule has 2 rings (SSSR count). The first-order valence-corrected chi connectivity index (χ1v) is 9.86. The van der Waals surface area contributed by atoms with Crippen LogP contribution in [-0.4, -0.2) is 49.9 Å². The van der Waals surface area contributed by atoms with E-state index in [2.05, 4.69) is 4.40 Å². The maximum atomic E-state index is 12.5. The molecule has 24 heavy (non-hydrogen) atoms. The Bertz CT molecular complexity index is 781. The number of amidine groups is 1. The third-order valence-corrected chi connectivity index (χ3v) is 5.80. The van der Waals surface area contributed by atoms with Crippen LogP contribution in [0.1, 0.15) is 19.4 Å². The van der Waals surface area contributed by atoms with Gasteiger partial charge >= 0.3 is 0 Å². The van der Waals surface area contributed by atoms with Crippen molar-refractivity contribution in [2.24, 2.45) is 4.40 Å². The van der Waals surface area contributed by atoms with Gasteiger partial charge in [0.1, 0.15) is 0 Å². The Labute approximate surface area is 147 Å². The van der Waals surface area contributed by atoms with E-state index in [1.165, 1.54) is 4.90 Å². The topological polar surface area (TPSA) is 70.0 Å². The highest BCUT2D eigenvalue weighted by Gasteiger charge is 2.34. The number of sulfonamides is 1. The second kappa shape index (κ2) is 7.40. The summed E-state index contributed by atoms with van der Waals surface area (Å²) >= 11 is 1.08. The molecule has 8 heteroatoms. The van der Waals surface area contributed by atoms with Crippen LogP contribution in [0.5, 0.6) is 0 Å². The van der Waals surface area contributed by atoms with Gasteiger partial charge in [0.25, 0.3) is 15.9 Å². The predicted octanol–water partition coefficient (Wildman–Crippen LogP) is 2.29. The Morgan fingerprint density at radius 3 is 2.33 bits per heavy atom. The Morgan fingerprint density at radius 1 is 1.21 bits per heavy atom. The Morgan fingerprint density at radius 2 is 1.83 bits per heavy atom. The second-order valence-corrected chi connectivity index (χ2v) is 8.07. The van der Waals surface area contributed by atoms with Gasteiger partial charge in [0.2, 0.25) is 0 Å². The van der Waals surface area contributed by atoms with Crippen molar-refractivity contribution < 1.29 is 13.2 Å².